The normalized spacial score (nSPS) is 12.6. The lowest BCUT2D eigenvalue weighted by atomic mass is 10.1. The van der Waals surface area contributed by atoms with Gasteiger partial charge in [0.1, 0.15) is 11.0 Å². The number of benzene rings is 1. The summed E-state index contributed by atoms with van der Waals surface area (Å²) in [5.41, 5.74) is -0.840. The van der Waals surface area contributed by atoms with E-state index in [1.54, 1.807) is 20.8 Å². The first-order valence-electron chi connectivity index (χ1n) is 5.77. The molecule has 0 bridgehead atoms. The molecule has 0 spiro atoms. The van der Waals surface area contributed by atoms with Crippen LogP contribution in [-0.4, -0.2) is 22.3 Å². The van der Waals surface area contributed by atoms with E-state index in [-0.39, 0.29) is 11.3 Å². The molecule has 108 valence electrons. The van der Waals surface area contributed by atoms with Crippen molar-refractivity contribution in [3.8, 4) is 0 Å². The fourth-order valence-electron chi connectivity index (χ4n) is 1.38. The number of alkyl halides is 1. The Morgan fingerprint density at radius 1 is 1.35 bits per heavy atom. The second kappa shape index (κ2) is 6.00. The van der Waals surface area contributed by atoms with Gasteiger partial charge in [-0.3, -0.25) is 14.9 Å². The summed E-state index contributed by atoms with van der Waals surface area (Å²) in [7, 11) is 0. The van der Waals surface area contributed by atoms with Crippen molar-refractivity contribution in [1.82, 2.24) is 0 Å². The fourth-order valence-corrected chi connectivity index (χ4v) is 1.60. The fraction of sp³-hybridized carbons (Fsp3) is 0.385. The van der Waals surface area contributed by atoms with E-state index in [4.69, 9.17) is 16.3 Å². The van der Waals surface area contributed by atoms with E-state index < -0.39 is 27.7 Å². The van der Waals surface area contributed by atoms with Crippen LogP contribution in [0, 0.1) is 10.1 Å². The van der Waals surface area contributed by atoms with Gasteiger partial charge in [0.25, 0.3) is 11.5 Å². The molecule has 0 amide bonds. The predicted molar refractivity (Wildman–Crippen MR) is 72.5 cm³/mol. The molecule has 7 heteroatoms. The molecule has 6 nitrogen and oxygen atoms in total. The van der Waals surface area contributed by atoms with E-state index in [0.29, 0.717) is 0 Å². The third-order valence-electron chi connectivity index (χ3n) is 2.20. The van der Waals surface area contributed by atoms with Gasteiger partial charge in [-0.2, -0.15) is 0 Å². The topological polar surface area (TPSA) is 86.5 Å². The van der Waals surface area contributed by atoms with Crippen molar-refractivity contribution >= 4 is 29.0 Å². The third kappa shape index (κ3) is 4.31. The van der Waals surface area contributed by atoms with Gasteiger partial charge in [0, 0.05) is 12.1 Å². The number of rotatable bonds is 4. The molecular formula is C13H14ClNO5. The van der Waals surface area contributed by atoms with Gasteiger partial charge in [-0.25, -0.2) is 4.79 Å². The van der Waals surface area contributed by atoms with Crippen molar-refractivity contribution < 1.29 is 19.2 Å². The Bertz CT molecular complexity index is 550. The molecule has 0 saturated heterocycles. The zero-order valence-electron chi connectivity index (χ0n) is 11.3. The van der Waals surface area contributed by atoms with Crippen LogP contribution in [0.25, 0.3) is 0 Å². The van der Waals surface area contributed by atoms with Crippen molar-refractivity contribution in [2.24, 2.45) is 0 Å². The first-order valence-corrected chi connectivity index (χ1v) is 6.21. The van der Waals surface area contributed by atoms with Crippen LogP contribution in [0.2, 0.25) is 0 Å². The number of ether oxygens (including phenoxy) is 1. The van der Waals surface area contributed by atoms with Gasteiger partial charge in [0.15, 0.2) is 0 Å². The molecular weight excluding hydrogens is 286 g/mol. The zero-order chi connectivity index (χ0) is 15.5. The number of hydrogen-bond donors (Lipinski definition) is 0. The Labute approximate surface area is 120 Å². The summed E-state index contributed by atoms with van der Waals surface area (Å²) in [6.45, 7) is 4.86. The second-order valence-corrected chi connectivity index (χ2v) is 5.52. The second-order valence-electron chi connectivity index (χ2n) is 5.08. The molecule has 1 aromatic carbocycles. The van der Waals surface area contributed by atoms with E-state index >= 15 is 0 Å². The summed E-state index contributed by atoms with van der Waals surface area (Å²) in [5, 5.41) is 9.34. The number of carbonyl (C=O) groups excluding carboxylic acids is 2. The molecule has 0 aliphatic rings. The maximum atomic E-state index is 11.8. The highest BCUT2D eigenvalue weighted by Crippen LogP contribution is 2.26. The number of nitrogens with zero attached hydrogens (tertiary/aromatic N) is 1. The van der Waals surface area contributed by atoms with Gasteiger partial charge < -0.3 is 4.74 Å². The maximum Gasteiger partial charge on any atom is 0.377 e. The highest BCUT2D eigenvalue weighted by atomic mass is 35.5. The van der Waals surface area contributed by atoms with E-state index in [2.05, 4.69) is 0 Å². The average molecular weight is 300 g/mol. The quantitative estimate of drug-likeness (QED) is 0.280. The molecule has 1 atom stereocenters. The molecule has 0 fully saturated rings. The summed E-state index contributed by atoms with van der Waals surface area (Å²) in [6.07, 6.45) is 0. The number of non-ortho nitro benzene ring substituents is 1. The van der Waals surface area contributed by atoms with E-state index in [9.17, 15) is 19.7 Å². The lowest BCUT2D eigenvalue weighted by Crippen LogP contribution is -2.30. The minimum Gasteiger partial charge on any atom is -0.454 e. The number of nitro benzene ring substituents is 1. The van der Waals surface area contributed by atoms with E-state index in [1.807, 2.05) is 0 Å². The number of nitro groups is 1. The number of halogens is 1. The molecule has 0 N–H and O–H groups in total. The van der Waals surface area contributed by atoms with Crippen molar-refractivity contribution in [3.63, 3.8) is 0 Å². The first kappa shape index (κ1) is 16.1. The Morgan fingerprint density at radius 3 is 2.45 bits per heavy atom. The van der Waals surface area contributed by atoms with Gasteiger partial charge in [-0.1, -0.05) is 12.1 Å². The minimum absolute atomic E-state index is 0.178. The highest BCUT2D eigenvalue weighted by Gasteiger charge is 2.30. The minimum atomic E-state index is -1.32. The van der Waals surface area contributed by atoms with Gasteiger partial charge in [-0.15, -0.1) is 11.6 Å². The molecule has 0 aliphatic heterocycles. The maximum absolute atomic E-state index is 11.8. The summed E-state index contributed by atoms with van der Waals surface area (Å²) in [5.74, 6) is -2.02. The Kier molecular flexibility index (Phi) is 4.83. The van der Waals surface area contributed by atoms with Crippen molar-refractivity contribution in [1.29, 1.82) is 0 Å². The van der Waals surface area contributed by atoms with Crippen LogP contribution in [0.3, 0.4) is 0 Å². The van der Waals surface area contributed by atoms with Gasteiger partial charge in [-0.05, 0) is 26.3 Å². The standard InChI is InChI=1S/C13H14ClNO5/c1-13(2,3)20-12(17)11(16)10(14)8-5-4-6-9(7-8)15(18)19/h4-7,10H,1-3H3. The van der Waals surface area contributed by atoms with Crippen LogP contribution in [0.15, 0.2) is 24.3 Å². The highest BCUT2D eigenvalue weighted by molar-refractivity contribution is 6.47. The Morgan fingerprint density at radius 2 is 1.95 bits per heavy atom. The van der Waals surface area contributed by atoms with Gasteiger partial charge >= 0.3 is 5.97 Å². The zero-order valence-corrected chi connectivity index (χ0v) is 12.0. The predicted octanol–water partition coefficient (Wildman–Crippen LogP) is 2.79. The molecule has 0 aromatic heterocycles. The van der Waals surface area contributed by atoms with Crippen LogP contribution >= 0.6 is 11.6 Å². The molecule has 0 heterocycles. The summed E-state index contributed by atoms with van der Waals surface area (Å²) < 4.78 is 4.91. The van der Waals surface area contributed by atoms with Gasteiger partial charge in [0.2, 0.25) is 0 Å². The smallest absolute Gasteiger partial charge is 0.377 e. The first-order chi connectivity index (χ1) is 9.11. The third-order valence-corrected chi connectivity index (χ3v) is 2.65. The number of esters is 1. The molecule has 1 unspecified atom stereocenters. The van der Waals surface area contributed by atoms with Crippen LogP contribution in [-0.2, 0) is 14.3 Å². The number of ketones is 1. The molecule has 0 aliphatic carbocycles. The monoisotopic (exact) mass is 299 g/mol. The number of hydrogen-bond acceptors (Lipinski definition) is 5. The van der Waals surface area contributed by atoms with Crippen LogP contribution in [0.5, 0.6) is 0 Å². The molecule has 0 radical (unpaired) electrons. The van der Waals surface area contributed by atoms with Crippen molar-refractivity contribution in [3.05, 3.63) is 39.9 Å². The SMILES string of the molecule is CC(C)(C)OC(=O)C(=O)C(Cl)c1cccc([N+](=O)[O-])c1. The Balaban J connectivity index is 2.92. The van der Waals surface area contributed by atoms with Crippen molar-refractivity contribution in [2.45, 2.75) is 31.7 Å². The van der Waals surface area contributed by atoms with Crippen LogP contribution < -0.4 is 0 Å². The number of carbonyl (C=O) groups is 2. The lowest BCUT2D eigenvalue weighted by molar-refractivity contribution is -0.384. The van der Waals surface area contributed by atoms with Crippen LogP contribution in [0.1, 0.15) is 31.7 Å². The molecule has 1 rings (SSSR count). The molecule has 0 saturated carbocycles. The van der Waals surface area contributed by atoms with Crippen LogP contribution in [0.4, 0.5) is 5.69 Å². The van der Waals surface area contributed by atoms with Gasteiger partial charge in [0.05, 0.1) is 4.92 Å². The summed E-state index contributed by atoms with van der Waals surface area (Å²) >= 11 is 5.88. The van der Waals surface area contributed by atoms with Crippen molar-refractivity contribution in [2.75, 3.05) is 0 Å². The summed E-state index contributed by atoms with van der Waals surface area (Å²) in [4.78, 5) is 33.5. The summed E-state index contributed by atoms with van der Waals surface area (Å²) in [6, 6.07) is 5.25. The largest absolute Gasteiger partial charge is 0.454 e. The average Bonchev–Trinajstić information content (AvgIpc) is 2.35. The van der Waals surface area contributed by atoms with E-state index in [0.717, 1.165) is 6.07 Å². The lowest BCUT2D eigenvalue weighted by Gasteiger charge is -2.19. The van der Waals surface area contributed by atoms with E-state index in [1.165, 1.54) is 18.2 Å². The number of Topliss-reactive ketones (excluding diaryl/α,β-unsaturated/α-hetero) is 1. The Hall–Kier alpha value is -1.95. The molecule has 1 aromatic rings. The molecule has 20 heavy (non-hydrogen) atoms.